The minimum Gasteiger partial charge on any atom is -0.488 e. The Morgan fingerprint density at radius 1 is 1.37 bits per heavy atom. The second-order valence-electron chi connectivity index (χ2n) is 5.66. The predicted octanol–water partition coefficient (Wildman–Crippen LogP) is 5.71. The van der Waals surface area contributed by atoms with E-state index in [0.717, 1.165) is 26.1 Å². The van der Waals surface area contributed by atoms with Crippen LogP contribution in [0.15, 0.2) is 59.0 Å². The molecule has 3 rings (SSSR count). The monoisotopic (exact) mass is 510 g/mol. The van der Waals surface area contributed by atoms with Gasteiger partial charge < -0.3 is 10.1 Å². The highest BCUT2D eigenvalue weighted by atomic mass is 127. The molecule has 0 radical (unpaired) electrons. The lowest BCUT2D eigenvalue weighted by molar-refractivity contribution is -0.115. The SMILES string of the molecule is C=CCOc1ccc(/C=C2/SC(=Nc3cccc(Cl)c3C)NC2=O)cc1I. The van der Waals surface area contributed by atoms with E-state index in [4.69, 9.17) is 16.3 Å². The molecular weight excluding hydrogens is 495 g/mol. The van der Waals surface area contributed by atoms with E-state index in [0.29, 0.717) is 21.7 Å². The van der Waals surface area contributed by atoms with E-state index in [9.17, 15) is 4.79 Å². The molecule has 1 aliphatic rings. The average molecular weight is 511 g/mol. The molecule has 27 heavy (non-hydrogen) atoms. The first-order chi connectivity index (χ1) is 13.0. The Morgan fingerprint density at radius 2 is 2.19 bits per heavy atom. The molecule has 0 unspecified atom stereocenters. The van der Waals surface area contributed by atoms with Crippen molar-refractivity contribution in [1.29, 1.82) is 0 Å². The molecule has 0 aromatic heterocycles. The summed E-state index contributed by atoms with van der Waals surface area (Å²) in [7, 11) is 0. The van der Waals surface area contributed by atoms with Crippen LogP contribution in [0.1, 0.15) is 11.1 Å². The van der Waals surface area contributed by atoms with Crippen molar-refractivity contribution >= 4 is 68.8 Å². The number of ether oxygens (including phenoxy) is 1. The summed E-state index contributed by atoms with van der Waals surface area (Å²) < 4.78 is 6.54. The second-order valence-corrected chi connectivity index (χ2v) is 8.26. The number of benzene rings is 2. The highest BCUT2D eigenvalue weighted by Gasteiger charge is 2.24. The van der Waals surface area contributed by atoms with Crippen LogP contribution in [0.4, 0.5) is 5.69 Å². The molecular formula is C20H16ClIN2O2S. The zero-order chi connectivity index (χ0) is 19.4. The standard InChI is InChI=1S/C20H16ClIN2O2S/c1-3-9-26-17-8-7-13(10-15(17)22)11-18-19(25)24-20(27-18)23-16-6-4-5-14(21)12(16)2/h3-8,10-11H,1,9H2,2H3,(H,23,24,25)/b18-11+. The lowest BCUT2D eigenvalue weighted by Crippen LogP contribution is -2.19. The van der Waals surface area contributed by atoms with Gasteiger partial charge >= 0.3 is 0 Å². The molecule has 0 bridgehead atoms. The van der Waals surface area contributed by atoms with Crippen LogP contribution in [0.5, 0.6) is 5.75 Å². The van der Waals surface area contributed by atoms with Gasteiger partial charge in [0.1, 0.15) is 12.4 Å². The number of thioether (sulfide) groups is 1. The van der Waals surface area contributed by atoms with E-state index in [1.807, 2.05) is 49.4 Å². The number of carbonyl (C=O) groups is 1. The summed E-state index contributed by atoms with van der Waals surface area (Å²) in [5.74, 6) is 0.625. The van der Waals surface area contributed by atoms with Gasteiger partial charge in [-0.2, -0.15) is 0 Å². The summed E-state index contributed by atoms with van der Waals surface area (Å²) >= 11 is 9.65. The third-order valence-electron chi connectivity index (χ3n) is 3.72. The molecule has 1 aliphatic heterocycles. The minimum atomic E-state index is -0.166. The molecule has 1 amide bonds. The zero-order valence-corrected chi connectivity index (χ0v) is 18.2. The van der Waals surface area contributed by atoms with Crippen LogP contribution in [0, 0.1) is 10.5 Å². The normalized spacial score (nSPS) is 16.6. The molecule has 1 saturated heterocycles. The van der Waals surface area contributed by atoms with Gasteiger partial charge in [-0.25, -0.2) is 4.99 Å². The first-order valence-electron chi connectivity index (χ1n) is 8.06. The molecule has 138 valence electrons. The molecule has 0 aliphatic carbocycles. The molecule has 0 spiro atoms. The van der Waals surface area contributed by atoms with Crippen LogP contribution in [0.25, 0.3) is 6.08 Å². The fourth-order valence-electron chi connectivity index (χ4n) is 2.33. The lowest BCUT2D eigenvalue weighted by atomic mass is 10.2. The summed E-state index contributed by atoms with van der Waals surface area (Å²) in [5, 5.41) is 3.99. The first-order valence-corrected chi connectivity index (χ1v) is 10.3. The van der Waals surface area contributed by atoms with Gasteiger partial charge in [-0.05, 0) is 82.7 Å². The maximum atomic E-state index is 12.3. The summed E-state index contributed by atoms with van der Waals surface area (Å²) in [5.41, 5.74) is 2.54. The number of nitrogens with zero attached hydrogens (tertiary/aromatic N) is 1. The van der Waals surface area contributed by atoms with Crippen LogP contribution in [-0.4, -0.2) is 17.7 Å². The maximum absolute atomic E-state index is 12.3. The van der Waals surface area contributed by atoms with Crippen molar-refractivity contribution in [2.75, 3.05) is 6.61 Å². The van der Waals surface area contributed by atoms with Crippen LogP contribution < -0.4 is 10.1 Å². The van der Waals surface area contributed by atoms with Crippen molar-refractivity contribution in [3.63, 3.8) is 0 Å². The van der Waals surface area contributed by atoms with Gasteiger partial charge in [0.25, 0.3) is 5.91 Å². The van der Waals surface area contributed by atoms with E-state index in [1.165, 1.54) is 11.8 Å². The number of hydrogen-bond acceptors (Lipinski definition) is 4. The van der Waals surface area contributed by atoms with Gasteiger partial charge in [0.2, 0.25) is 0 Å². The highest BCUT2D eigenvalue weighted by molar-refractivity contribution is 14.1. The molecule has 1 N–H and O–H groups in total. The minimum absolute atomic E-state index is 0.166. The Hall–Kier alpha value is -1.77. The van der Waals surface area contributed by atoms with Gasteiger partial charge in [0.05, 0.1) is 14.2 Å². The number of aliphatic imine (C=N–C) groups is 1. The Kier molecular flexibility index (Phi) is 6.62. The Balaban J connectivity index is 1.81. The van der Waals surface area contributed by atoms with Gasteiger partial charge in [0.15, 0.2) is 5.17 Å². The Morgan fingerprint density at radius 3 is 2.93 bits per heavy atom. The molecule has 2 aromatic rings. The summed E-state index contributed by atoms with van der Waals surface area (Å²) in [6.45, 7) is 6.00. The molecule has 1 fully saturated rings. The van der Waals surface area contributed by atoms with E-state index in [1.54, 1.807) is 6.08 Å². The van der Waals surface area contributed by atoms with Crippen molar-refractivity contribution in [2.24, 2.45) is 4.99 Å². The first kappa shape index (κ1) is 20.0. The number of carbonyl (C=O) groups excluding carboxylic acids is 1. The largest absolute Gasteiger partial charge is 0.488 e. The fraction of sp³-hybridized carbons (Fsp3) is 0.100. The summed E-state index contributed by atoms with van der Waals surface area (Å²) in [4.78, 5) is 17.4. The Labute approximate surface area is 180 Å². The number of amidine groups is 1. The molecule has 4 nitrogen and oxygen atoms in total. The summed E-state index contributed by atoms with van der Waals surface area (Å²) in [6, 6.07) is 11.3. The van der Waals surface area contributed by atoms with Crippen LogP contribution >= 0.6 is 46.0 Å². The predicted molar refractivity (Wildman–Crippen MR) is 122 cm³/mol. The quantitative estimate of drug-likeness (QED) is 0.318. The van der Waals surface area contributed by atoms with Crippen molar-refractivity contribution in [3.8, 4) is 5.75 Å². The molecule has 0 atom stereocenters. The van der Waals surface area contributed by atoms with Crippen molar-refractivity contribution in [3.05, 3.63) is 73.7 Å². The number of rotatable bonds is 5. The van der Waals surface area contributed by atoms with E-state index >= 15 is 0 Å². The molecule has 0 saturated carbocycles. The smallest absolute Gasteiger partial charge is 0.264 e. The highest BCUT2D eigenvalue weighted by Crippen LogP contribution is 2.32. The van der Waals surface area contributed by atoms with Crippen LogP contribution in [0.3, 0.4) is 0 Å². The third-order valence-corrected chi connectivity index (χ3v) is 5.88. The van der Waals surface area contributed by atoms with Gasteiger partial charge in [-0.15, -0.1) is 0 Å². The topological polar surface area (TPSA) is 50.7 Å². The number of nitrogens with one attached hydrogen (secondary N) is 1. The van der Waals surface area contributed by atoms with E-state index < -0.39 is 0 Å². The summed E-state index contributed by atoms with van der Waals surface area (Å²) in [6.07, 6.45) is 3.54. The number of hydrogen-bond donors (Lipinski definition) is 1. The van der Waals surface area contributed by atoms with Crippen LogP contribution in [0.2, 0.25) is 5.02 Å². The van der Waals surface area contributed by atoms with Gasteiger partial charge in [-0.1, -0.05) is 36.4 Å². The van der Waals surface area contributed by atoms with Gasteiger partial charge in [-0.3, -0.25) is 4.79 Å². The lowest BCUT2D eigenvalue weighted by Gasteiger charge is -2.06. The van der Waals surface area contributed by atoms with Crippen molar-refractivity contribution < 1.29 is 9.53 Å². The van der Waals surface area contributed by atoms with E-state index in [2.05, 4.69) is 39.5 Å². The van der Waals surface area contributed by atoms with Gasteiger partial charge in [0, 0.05) is 5.02 Å². The van der Waals surface area contributed by atoms with Crippen LogP contribution in [-0.2, 0) is 4.79 Å². The zero-order valence-electron chi connectivity index (χ0n) is 14.5. The average Bonchev–Trinajstić information content (AvgIpc) is 2.97. The maximum Gasteiger partial charge on any atom is 0.264 e. The third kappa shape index (κ3) is 4.94. The number of halogens is 2. The number of amides is 1. The van der Waals surface area contributed by atoms with Crippen molar-refractivity contribution in [1.82, 2.24) is 5.32 Å². The van der Waals surface area contributed by atoms with E-state index in [-0.39, 0.29) is 5.91 Å². The molecule has 2 aromatic carbocycles. The Bertz CT molecular complexity index is 972. The molecule has 1 heterocycles. The molecule has 7 heteroatoms. The second kappa shape index (κ2) is 8.95. The van der Waals surface area contributed by atoms with Crippen molar-refractivity contribution in [2.45, 2.75) is 6.92 Å². The fourth-order valence-corrected chi connectivity index (χ4v) is 4.03.